The largest absolute Gasteiger partial charge is 0.455 e. The number of halogens is 1. The van der Waals surface area contributed by atoms with Gasteiger partial charge in [-0.1, -0.05) is 458 Å². The van der Waals surface area contributed by atoms with Crippen LogP contribution in [0.3, 0.4) is 0 Å². The van der Waals surface area contributed by atoms with Crippen LogP contribution in [0, 0.1) is 65.2 Å². The average Bonchev–Trinajstić information content (AvgIpc) is 0.857. The number of para-hydroxylation sites is 2. The Balaban J connectivity index is 0.000000250. The number of nitrogens with zero attached hydrogens (tertiary/aromatic N) is 1. The number of benzene rings is 12. The predicted octanol–water partition coefficient (Wildman–Crippen LogP) is 37.1. The van der Waals surface area contributed by atoms with Crippen molar-refractivity contribution in [3.63, 3.8) is 0 Å². The molecule has 0 saturated heterocycles. The molecule has 1 aliphatic rings. The highest BCUT2D eigenvalue weighted by atomic mass is 35.5. The molecule has 1 fully saturated rings. The van der Waals surface area contributed by atoms with Gasteiger partial charge in [-0.05, 0) is 254 Å². The van der Waals surface area contributed by atoms with E-state index in [-0.39, 0.29) is 0 Å². The van der Waals surface area contributed by atoms with Crippen molar-refractivity contribution >= 4 is 28.6 Å². The van der Waals surface area contributed by atoms with E-state index in [1.807, 2.05) is 54.0 Å². The van der Waals surface area contributed by atoms with Gasteiger partial charge >= 0.3 is 0 Å². The van der Waals surface area contributed by atoms with Crippen molar-refractivity contribution in [2.75, 3.05) is 5.73 Å². The summed E-state index contributed by atoms with van der Waals surface area (Å²) in [6.07, 6.45) is 11.8. The minimum absolute atomic E-state index is 0.533. The number of aromatic nitrogens is 1. The van der Waals surface area contributed by atoms with Gasteiger partial charge in [0.25, 0.3) is 0 Å². The van der Waals surface area contributed by atoms with Gasteiger partial charge in [0.15, 0.2) is 0 Å². The number of aryl methyl sites for hydroxylation is 6. The molecule has 1 saturated carbocycles. The summed E-state index contributed by atoms with van der Waals surface area (Å²) in [5, 5.41) is 2.89. The summed E-state index contributed by atoms with van der Waals surface area (Å²) < 4.78 is 5.72. The Morgan fingerprint density at radius 1 is 0.317 bits per heavy atom. The van der Waals surface area contributed by atoms with Gasteiger partial charge < -0.3 is 10.5 Å². The number of hydrogen-bond donors (Lipinski definition) is 1. The molecular formula is C121H159ClN2OS. The minimum atomic E-state index is 0.533. The van der Waals surface area contributed by atoms with Gasteiger partial charge in [-0.25, -0.2) is 4.98 Å². The highest BCUT2D eigenvalue weighted by molar-refractivity contribution is 7.07. The highest BCUT2D eigenvalue weighted by Gasteiger charge is 2.16. The maximum atomic E-state index is 5.82. The minimum Gasteiger partial charge on any atom is -0.455 e. The molecule has 12 aromatic carbocycles. The number of anilines is 1. The van der Waals surface area contributed by atoms with Gasteiger partial charge in [0.1, 0.15) is 11.5 Å². The van der Waals surface area contributed by atoms with E-state index in [9.17, 15) is 0 Å². The zero-order valence-electron chi connectivity index (χ0n) is 82.3. The van der Waals surface area contributed by atoms with E-state index in [0.29, 0.717) is 46.9 Å². The van der Waals surface area contributed by atoms with Crippen molar-refractivity contribution in [1.82, 2.24) is 4.98 Å². The van der Waals surface area contributed by atoms with Crippen LogP contribution in [0.5, 0.6) is 11.5 Å². The first kappa shape index (κ1) is 107. The molecule has 0 atom stereocenters. The van der Waals surface area contributed by atoms with Gasteiger partial charge in [0, 0.05) is 16.0 Å². The van der Waals surface area contributed by atoms with Crippen LogP contribution in [0.1, 0.15) is 307 Å². The Labute approximate surface area is 777 Å². The van der Waals surface area contributed by atoms with E-state index in [1.165, 1.54) is 157 Å². The Bertz CT molecular complexity index is 4800. The summed E-state index contributed by atoms with van der Waals surface area (Å²) in [7, 11) is 0. The lowest BCUT2D eigenvalue weighted by Gasteiger charge is -2.22. The standard InChI is InChI=1S/C16H18.C15H17NO.C15H22.C12H13NS.3C11H16.C10H13Cl.2C10H14/c1-12(2)14-7-9-15(10-8-14)16-6-4-5-13(3)11-16;1-11(2)12-7-9-13(10-8-12)17-15-6-4-3-5-14(15)16;1-12(2)13-8-10-15(11-9-13)14-6-4-3-5-7-14;1-9(2)10-3-5-11(6-4-10)12-7-14-8-13-12;2*1-9(2)8-11-6-4-10(3)5-7-11;1-9(2)7-11-6-4-5-10(3)8-11;1-8(2)7-9-3-5-10(11)6-4-9;2*1-8(2)10-6-4-9(3)5-7-10/h4-12H,1-3H3;3-11H,16H2,1-2H3;8-12,14H,3-7H2,1-2H3;3-9H,1-2H3;2*4-7,9H,8H2,1-3H3;4-6,8-9H,7H2,1-3H3;3-6,8H,7H2,1-2H3;2*4-8H,1-3H3. The maximum absolute atomic E-state index is 5.82. The number of nitrogens with two attached hydrogens (primary N) is 1. The van der Waals surface area contributed by atoms with Crippen molar-refractivity contribution in [3.05, 3.63) is 402 Å². The molecule has 0 unspecified atom stereocenters. The Morgan fingerprint density at radius 2 is 0.651 bits per heavy atom. The Morgan fingerprint density at radius 3 is 1.01 bits per heavy atom. The van der Waals surface area contributed by atoms with Crippen LogP contribution < -0.4 is 10.5 Å². The molecule has 1 aliphatic carbocycles. The molecule has 126 heavy (non-hydrogen) atoms. The molecule has 0 aliphatic heterocycles. The first-order valence-electron chi connectivity index (χ1n) is 46.9. The molecule has 3 nitrogen and oxygen atoms in total. The second-order valence-corrected chi connectivity index (χ2v) is 39.1. The van der Waals surface area contributed by atoms with Crippen LogP contribution >= 0.6 is 22.9 Å². The highest BCUT2D eigenvalue weighted by Crippen LogP contribution is 2.34. The summed E-state index contributed by atoms with van der Waals surface area (Å²) in [5.41, 5.74) is 36.9. The molecule has 0 radical (unpaired) electrons. The first-order chi connectivity index (χ1) is 60.0. The van der Waals surface area contributed by atoms with E-state index in [2.05, 4.69) is 433 Å². The van der Waals surface area contributed by atoms with Gasteiger partial charge in [0.05, 0.1) is 16.9 Å². The predicted molar refractivity (Wildman–Crippen MR) is 560 cm³/mol. The van der Waals surface area contributed by atoms with Gasteiger partial charge in [-0.2, -0.15) is 0 Å². The second-order valence-electron chi connectivity index (χ2n) is 37.9. The smallest absolute Gasteiger partial charge is 0.150 e. The van der Waals surface area contributed by atoms with E-state index in [1.54, 1.807) is 16.9 Å². The summed E-state index contributed by atoms with van der Waals surface area (Å²) in [4.78, 5) is 4.28. The summed E-state index contributed by atoms with van der Waals surface area (Å²) in [6, 6.07) is 103. The average molecular weight is 1730 g/mol. The lowest BCUT2D eigenvalue weighted by Crippen LogP contribution is -2.04. The molecule has 14 rings (SSSR count). The fraction of sp³-hybridized carbons (Fsp3) is 0.380. The maximum Gasteiger partial charge on any atom is 0.150 e. The van der Waals surface area contributed by atoms with Crippen LogP contribution in [-0.2, 0) is 25.7 Å². The number of ether oxygens (including phenoxy) is 1. The number of nitrogen functional groups attached to an aromatic ring is 1. The zero-order valence-corrected chi connectivity index (χ0v) is 83.9. The van der Waals surface area contributed by atoms with Crippen molar-refractivity contribution in [1.29, 1.82) is 0 Å². The van der Waals surface area contributed by atoms with E-state index < -0.39 is 0 Å². The normalized spacial score (nSPS) is 11.5. The Hall–Kier alpha value is -9.84. The molecule has 1 heterocycles. The van der Waals surface area contributed by atoms with Crippen molar-refractivity contribution in [3.8, 4) is 33.9 Å². The number of rotatable bonds is 19. The summed E-state index contributed by atoms with van der Waals surface area (Å²) in [5.74, 6) is 9.06. The molecule has 5 heteroatoms. The molecular weight excluding hydrogens is 1560 g/mol. The third-order valence-corrected chi connectivity index (χ3v) is 22.7. The van der Waals surface area contributed by atoms with Crippen LogP contribution in [-0.4, -0.2) is 4.98 Å². The summed E-state index contributed by atoms with van der Waals surface area (Å²) >= 11 is 7.38. The van der Waals surface area contributed by atoms with Crippen LogP contribution in [0.4, 0.5) is 5.69 Å². The number of thiazole rings is 1. The van der Waals surface area contributed by atoms with Crippen LogP contribution in [0.15, 0.2) is 302 Å². The van der Waals surface area contributed by atoms with Gasteiger partial charge in [-0.3, -0.25) is 0 Å². The first-order valence-corrected chi connectivity index (χ1v) is 48.2. The van der Waals surface area contributed by atoms with E-state index in [0.717, 1.165) is 52.5 Å². The molecule has 0 amide bonds. The zero-order chi connectivity index (χ0) is 92.6. The third-order valence-electron chi connectivity index (χ3n) is 21.9. The van der Waals surface area contributed by atoms with Gasteiger partial charge in [-0.15, -0.1) is 11.3 Å². The monoisotopic (exact) mass is 1720 g/mol. The second kappa shape index (κ2) is 58.5. The molecule has 13 aromatic rings. The van der Waals surface area contributed by atoms with E-state index in [4.69, 9.17) is 22.1 Å². The quantitative estimate of drug-likeness (QED) is 0.0821. The van der Waals surface area contributed by atoms with E-state index >= 15 is 0 Å². The van der Waals surface area contributed by atoms with Crippen molar-refractivity contribution < 1.29 is 4.74 Å². The lowest BCUT2D eigenvalue weighted by atomic mass is 9.83. The molecule has 0 spiro atoms. The molecule has 1 aromatic heterocycles. The lowest BCUT2D eigenvalue weighted by molar-refractivity contribution is 0.443. The topological polar surface area (TPSA) is 48.1 Å². The third kappa shape index (κ3) is 44.1. The summed E-state index contributed by atoms with van der Waals surface area (Å²) in [6.45, 7) is 57.3. The van der Waals surface area contributed by atoms with Crippen LogP contribution in [0.2, 0.25) is 5.02 Å². The SMILES string of the molecule is CC(C)Cc1ccc(Cl)cc1.CC(C)c1ccc(-c2cscn2)cc1.CC(C)c1ccc(C2CCCCC2)cc1.CC(C)c1ccc(Oc2ccccc2N)cc1.Cc1ccc(C(C)C)cc1.Cc1ccc(C(C)C)cc1.Cc1ccc(CC(C)C)cc1.Cc1ccc(CC(C)C)cc1.Cc1cccc(-c2ccc(C(C)C)cc2)c1.Cc1cccc(CC(C)C)c1. The fourth-order valence-electron chi connectivity index (χ4n) is 14.2. The van der Waals surface area contributed by atoms with Crippen molar-refractivity contribution in [2.45, 2.75) is 279 Å². The molecule has 2 N–H and O–H groups in total. The Kier molecular flexibility index (Phi) is 49.5. The fourth-order valence-corrected chi connectivity index (χ4v) is 14.9. The molecule has 0 bridgehead atoms. The van der Waals surface area contributed by atoms with Gasteiger partial charge in [0.2, 0.25) is 0 Å². The van der Waals surface area contributed by atoms with Crippen molar-refractivity contribution in [2.24, 2.45) is 23.7 Å². The molecule has 672 valence electrons. The number of hydrogen-bond acceptors (Lipinski definition) is 4. The van der Waals surface area contributed by atoms with Crippen LogP contribution in [0.25, 0.3) is 22.4 Å².